The Balaban J connectivity index is 1.83. The minimum absolute atomic E-state index is 0.190. The summed E-state index contributed by atoms with van der Waals surface area (Å²) < 4.78 is 21.3. The number of esters is 1. The predicted molar refractivity (Wildman–Crippen MR) is 124 cm³/mol. The number of amides is 1. The first kappa shape index (κ1) is 23.6. The standard InChI is InChI=1S/C24H22N2O6S/c1-4-31-24(28)22-18(16-7-10-19(29-2)20(11-16)30-3)14-33-23(22)26-21(27)13-32-17-8-5-15(12-25)6-9-17/h5-11,14H,4,13H2,1-3H3,(H,26,27). The van der Waals surface area contributed by atoms with Gasteiger partial charge in [0.25, 0.3) is 5.91 Å². The van der Waals surface area contributed by atoms with Crippen LogP contribution < -0.4 is 19.5 Å². The van der Waals surface area contributed by atoms with Crippen molar-refractivity contribution >= 4 is 28.2 Å². The number of hydrogen-bond donors (Lipinski definition) is 1. The molecule has 3 aromatic rings. The van der Waals surface area contributed by atoms with E-state index >= 15 is 0 Å². The van der Waals surface area contributed by atoms with Crippen molar-refractivity contribution in [3.63, 3.8) is 0 Å². The predicted octanol–water partition coefficient (Wildman–Crippen LogP) is 4.50. The molecule has 0 aliphatic rings. The van der Waals surface area contributed by atoms with E-state index in [9.17, 15) is 9.59 Å². The van der Waals surface area contributed by atoms with E-state index in [1.165, 1.54) is 18.4 Å². The summed E-state index contributed by atoms with van der Waals surface area (Å²) in [4.78, 5) is 25.2. The van der Waals surface area contributed by atoms with Gasteiger partial charge in [-0.15, -0.1) is 11.3 Å². The average Bonchev–Trinajstić information content (AvgIpc) is 3.26. The fraction of sp³-hybridized carbons (Fsp3) is 0.208. The van der Waals surface area contributed by atoms with E-state index in [0.29, 0.717) is 38.9 Å². The molecule has 9 heteroatoms. The molecule has 3 rings (SSSR count). The molecule has 170 valence electrons. The van der Waals surface area contributed by atoms with E-state index in [2.05, 4.69) is 5.32 Å². The van der Waals surface area contributed by atoms with Gasteiger partial charge in [-0.3, -0.25) is 4.79 Å². The van der Waals surface area contributed by atoms with Crippen LogP contribution in [0.4, 0.5) is 5.00 Å². The van der Waals surface area contributed by atoms with Crippen LogP contribution in [0, 0.1) is 11.3 Å². The van der Waals surface area contributed by atoms with Crippen LogP contribution in [0.1, 0.15) is 22.8 Å². The first-order chi connectivity index (χ1) is 16.0. The van der Waals surface area contributed by atoms with E-state index in [1.807, 2.05) is 6.07 Å². The van der Waals surface area contributed by atoms with Crippen molar-refractivity contribution in [2.45, 2.75) is 6.92 Å². The second-order valence-electron chi connectivity index (χ2n) is 6.62. The molecule has 0 unspecified atom stereocenters. The van der Waals surface area contributed by atoms with Crippen molar-refractivity contribution in [3.05, 3.63) is 59.0 Å². The summed E-state index contributed by atoms with van der Waals surface area (Å²) in [5.41, 5.74) is 2.05. The average molecular weight is 467 g/mol. The summed E-state index contributed by atoms with van der Waals surface area (Å²) in [7, 11) is 3.07. The first-order valence-corrected chi connectivity index (χ1v) is 10.8. The summed E-state index contributed by atoms with van der Waals surface area (Å²) in [5.74, 6) is 0.532. The topological polar surface area (TPSA) is 107 Å². The lowest BCUT2D eigenvalue weighted by Crippen LogP contribution is -2.21. The highest BCUT2D eigenvalue weighted by Gasteiger charge is 2.23. The Kier molecular flexibility index (Phi) is 7.89. The summed E-state index contributed by atoms with van der Waals surface area (Å²) in [6.45, 7) is 1.64. The quantitative estimate of drug-likeness (QED) is 0.463. The van der Waals surface area contributed by atoms with Gasteiger partial charge in [0.1, 0.15) is 16.3 Å². The third-order valence-corrected chi connectivity index (χ3v) is 5.47. The van der Waals surface area contributed by atoms with Crippen LogP contribution in [0.15, 0.2) is 47.8 Å². The minimum Gasteiger partial charge on any atom is -0.493 e. The molecule has 0 atom stereocenters. The SMILES string of the molecule is CCOC(=O)c1c(-c2ccc(OC)c(OC)c2)csc1NC(=O)COc1ccc(C#N)cc1. The second kappa shape index (κ2) is 11.0. The largest absolute Gasteiger partial charge is 0.493 e. The van der Waals surface area contributed by atoms with Gasteiger partial charge >= 0.3 is 5.97 Å². The highest BCUT2D eigenvalue weighted by Crippen LogP contribution is 2.39. The molecule has 0 aliphatic carbocycles. The van der Waals surface area contributed by atoms with Crippen molar-refractivity contribution in [1.29, 1.82) is 5.26 Å². The van der Waals surface area contributed by atoms with Crippen LogP contribution in [0.2, 0.25) is 0 Å². The molecule has 1 amide bonds. The Hall–Kier alpha value is -4.03. The summed E-state index contributed by atoms with van der Waals surface area (Å²) >= 11 is 1.21. The lowest BCUT2D eigenvalue weighted by Gasteiger charge is -2.11. The zero-order chi connectivity index (χ0) is 23.8. The Labute approximate surface area is 195 Å². The van der Waals surface area contributed by atoms with Crippen molar-refractivity contribution in [2.24, 2.45) is 0 Å². The van der Waals surface area contributed by atoms with Crippen molar-refractivity contribution < 1.29 is 28.5 Å². The van der Waals surface area contributed by atoms with E-state index < -0.39 is 11.9 Å². The van der Waals surface area contributed by atoms with Crippen molar-refractivity contribution in [2.75, 3.05) is 32.8 Å². The van der Waals surface area contributed by atoms with Gasteiger partial charge in [-0.2, -0.15) is 5.26 Å². The molecule has 0 aliphatic heterocycles. The number of nitrogens with one attached hydrogen (secondary N) is 1. The molecule has 0 spiro atoms. The van der Waals surface area contributed by atoms with Crippen LogP contribution in [0.25, 0.3) is 11.1 Å². The molecule has 0 saturated carbocycles. The lowest BCUT2D eigenvalue weighted by atomic mass is 10.0. The fourth-order valence-electron chi connectivity index (χ4n) is 3.01. The van der Waals surface area contributed by atoms with E-state index in [-0.39, 0.29) is 18.8 Å². The van der Waals surface area contributed by atoms with Gasteiger partial charge in [-0.1, -0.05) is 6.07 Å². The number of carbonyl (C=O) groups excluding carboxylic acids is 2. The summed E-state index contributed by atoms with van der Waals surface area (Å²) in [6.07, 6.45) is 0. The van der Waals surface area contributed by atoms with Gasteiger partial charge < -0.3 is 24.3 Å². The number of nitriles is 1. The van der Waals surface area contributed by atoms with Gasteiger partial charge in [0.05, 0.1) is 32.5 Å². The molecule has 1 N–H and O–H groups in total. The number of rotatable bonds is 9. The monoisotopic (exact) mass is 466 g/mol. The number of methoxy groups -OCH3 is 2. The van der Waals surface area contributed by atoms with Crippen LogP contribution >= 0.6 is 11.3 Å². The molecule has 33 heavy (non-hydrogen) atoms. The molecule has 0 fully saturated rings. The number of anilines is 1. The van der Waals surface area contributed by atoms with Gasteiger partial charge in [-0.05, 0) is 48.9 Å². The van der Waals surface area contributed by atoms with Gasteiger partial charge in [0.15, 0.2) is 18.1 Å². The minimum atomic E-state index is -0.549. The maximum absolute atomic E-state index is 12.7. The number of benzene rings is 2. The zero-order valence-corrected chi connectivity index (χ0v) is 19.2. The summed E-state index contributed by atoms with van der Waals surface area (Å²) in [5, 5.41) is 13.7. The molecular formula is C24H22N2O6S. The fourth-order valence-corrected chi connectivity index (χ4v) is 3.98. The molecule has 0 bridgehead atoms. The number of thiophene rings is 1. The second-order valence-corrected chi connectivity index (χ2v) is 7.50. The van der Waals surface area contributed by atoms with Crippen LogP contribution in [0.5, 0.6) is 17.2 Å². The van der Waals surface area contributed by atoms with Gasteiger partial charge in [0.2, 0.25) is 0 Å². The number of hydrogen-bond acceptors (Lipinski definition) is 8. The normalized spacial score (nSPS) is 10.1. The molecule has 8 nitrogen and oxygen atoms in total. The number of carbonyl (C=O) groups is 2. The molecule has 2 aromatic carbocycles. The molecular weight excluding hydrogens is 444 g/mol. The number of ether oxygens (including phenoxy) is 4. The van der Waals surface area contributed by atoms with Crippen LogP contribution in [0.3, 0.4) is 0 Å². The van der Waals surface area contributed by atoms with E-state index in [1.54, 1.807) is 61.9 Å². The maximum atomic E-state index is 12.7. The highest BCUT2D eigenvalue weighted by molar-refractivity contribution is 7.15. The highest BCUT2D eigenvalue weighted by atomic mass is 32.1. The molecule has 0 saturated heterocycles. The van der Waals surface area contributed by atoms with E-state index in [0.717, 1.165) is 0 Å². The van der Waals surface area contributed by atoms with E-state index in [4.69, 9.17) is 24.2 Å². The van der Waals surface area contributed by atoms with Gasteiger partial charge in [-0.25, -0.2) is 4.79 Å². The van der Waals surface area contributed by atoms with Crippen LogP contribution in [-0.4, -0.2) is 39.3 Å². The molecule has 1 heterocycles. The Morgan fingerprint density at radius 2 is 1.79 bits per heavy atom. The molecule has 0 radical (unpaired) electrons. The molecule has 1 aromatic heterocycles. The smallest absolute Gasteiger partial charge is 0.341 e. The first-order valence-electron chi connectivity index (χ1n) is 9.94. The maximum Gasteiger partial charge on any atom is 0.341 e. The van der Waals surface area contributed by atoms with Crippen molar-refractivity contribution in [3.8, 4) is 34.4 Å². The third-order valence-electron chi connectivity index (χ3n) is 4.57. The number of nitrogens with zero attached hydrogens (tertiary/aromatic N) is 1. The Bertz CT molecular complexity index is 1180. The van der Waals surface area contributed by atoms with Crippen molar-refractivity contribution in [1.82, 2.24) is 0 Å². The summed E-state index contributed by atoms with van der Waals surface area (Å²) in [6, 6.07) is 13.7. The third kappa shape index (κ3) is 5.61. The zero-order valence-electron chi connectivity index (χ0n) is 18.3. The lowest BCUT2D eigenvalue weighted by molar-refractivity contribution is -0.118. The van der Waals surface area contributed by atoms with Gasteiger partial charge in [0, 0.05) is 10.9 Å². The van der Waals surface area contributed by atoms with Crippen LogP contribution in [-0.2, 0) is 9.53 Å². The Morgan fingerprint density at radius 1 is 1.06 bits per heavy atom. The Morgan fingerprint density at radius 3 is 2.42 bits per heavy atom.